The zero-order valence-corrected chi connectivity index (χ0v) is 8.40. The first-order valence-electron chi connectivity index (χ1n) is 4.55. The van der Waals surface area contributed by atoms with E-state index in [1.807, 2.05) is 20.2 Å². The largest absolute Gasteiger partial charge is 0.481 e. The van der Waals surface area contributed by atoms with E-state index in [1.54, 1.807) is 10.9 Å². The molecule has 1 rings (SSSR count). The van der Waals surface area contributed by atoms with Crippen LogP contribution >= 0.6 is 0 Å². The summed E-state index contributed by atoms with van der Waals surface area (Å²) in [5.41, 5.74) is 0.922. The van der Waals surface area contributed by atoms with Gasteiger partial charge in [0.25, 0.3) is 0 Å². The summed E-state index contributed by atoms with van der Waals surface area (Å²) in [7, 11) is 1.84. The summed E-state index contributed by atoms with van der Waals surface area (Å²) in [6, 6.07) is 0.148. The van der Waals surface area contributed by atoms with E-state index in [1.165, 1.54) is 0 Å². The zero-order valence-electron chi connectivity index (χ0n) is 8.40. The normalized spacial score (nSPS) is 12.4. The highest BCUT2D eigenvalue weighted by Gasteiger charge is 2.05. The molecule has 78 valence electrons. The number of hydrogen-bond donors (Lipinski definition) is 2. The molecule has 0 amide bonds. The van der Waals surface area contributed by atoms with E-state index in [4.69, 9.17) is 5.11 Å². The third kappa shape index (κ3) is 3.47. The highest BCUT2D eigenvalue weighted by molar-refractivity contribution is 5.66. The number of aryl methyl sites for hydroxylation is 1. The highest BCUT2D eigenvalue weighted by Crippen LogP contribution is 2.08. The topological polar surface area (TPSA) is 67.2 Å². The fraction of sp³-hybridized carbons (Fsp3) is 0.556. The fourth-order valence-corrected chi connectivity index (χ4v) is 1.19. The number of carbonyl (C=O) groups is 1. The average molecular weight is 197 g/mol. The van der Waals surface area contributed by atoms with E-state index in [9.17, 15) is 4.79 Å². The standard InChI is InChI=1S/C9H15N3O2/c1-7(3-4-9(13)14)11-8-5-10-12(2)6-8/h5-7,11H,3-4H2,1-2H3,(H,13,14). The second kappa shape index (κ2) is 4.64. The maximum atomic E-state index is 10.3. The number of anilines is 1. The third-order valence-electron chi connectivity index (χ3n) is 1.91. The van der Waals surface area contributed by atoms with Crippen LogP contribution in [0.15, 0.2) is 12.4 Å². The summed E-state index contributed by atoms with van der Waals surface area (Å²) in [6.45, 7) is 1.95. The Morgan fingerprint density at radius 3 is 3.00 bits per heavy atom. The summed E-state index contributed by atoms with van der Waals surface area (Å²) in [5.74, 6) is -0.759. The monoisotopic (exact) mass is 197 g/mol. The molecule has 2 N–H and O–H groups in total. The lowest BCUT2D eigenvalue weighted by Gasteiger charge is -2.11. The van der Waals surface area contributed by atoms with Crippen LogP contribution in [0, 0.1) is 0 Å². The van der Waals surface area contributed by atoms with Gasteiger partial charge in [-0.15, -0.1) is 0 Å². The number of nitrogens with one attached hydrogen (secondary N) is 1. The lowest BCUT2D eigenvalue weighted by atomic mass is 10.2. The molecule has 14 heavy (non-hydrogen) atoms. The van der Waals surface area contributed by atoms with E-state index in [0.717, 1.165) is 5.69 Å². The van der Waals surface area contributed by atoms with Gasteiger partial charge in [-0.1, -0.05) is 0 Å². The van der Waals surface area contributed by atoms with Gasteiger partial charge >= 0.3 is 5.97 Å². The first-order chi connectivity index (χ1) is 6.58. The molecule has 0 saturated heterocycles. The predicted octanol–water partition coefficient (Wildman–Crippen LogP) is 1.09. The Morgan fingerprint density at radius 2 is 2.50 bits per heavy atom. The third-order valence-corrected chi connectivity index (χ3v) is 1.91. The number of aliphatic carboxylic acids is 1. The van der Waals surface area contributed by atoms with Gasteiger partial charge in [-0.3, -0.25) is 9.48 Å². The van der Waals surface area contributed by atoms with Gasteiger partial charge in [0.1, 0.15) is 0 Å². The second-order valence-electron chi connectivity index (χ2n) is 3.38. The molecule has 0 aliphatic rings. The van der Waals surface area contributed by atoms with Gasteiger partial charge in [0, 0.05) is 25.7 Å². The second-order valence-corrected chi connectivity index (χ2v) is 3.38. The van der Waals surface area contributed by atoms with E-state index < -0.39 is 5.97 Å². The molecule has 0 aliphatic heterocycles. The van der Waals surface area contributed by atoms with Gasteiger partial charge in [-0.05, 0) is 13.3 Å². The van der Waals surface area contributed by atoms with Crippen LogP contribution in [0.2, 0.25) is 0 Å². The van der Waals surface area contributed by atoms with Crippen molar-refractivity contribution in [2.75, 3.05) is 5.32 Å². The van der Waals surface area contributed by atoms with Crippen LogP contribution in [0.4, 0.5) is 5.69 Å². The molecule has 0 bridgehead atoms. The zero-order chi connectivity index (χ0) is 10.6. The van der Waals surface area contributed by atoms with Gasteiger partial charge < -0.3 is 10.4 Å². The van der Waals surface area contributed by atoms with E-state index >= 15 is 0 Å². The quantitative estimate of drug-likeness (QED) is 0.741. The van der Waals surface area contributed by atoms with Crippen molar-refractivity contribution in [1.82, 2.24) is 9.78 Å². The summed E-state index contributed by atoms with van der Waals surface area (Å²) >= 11 is 0. The highest BCUT2D eigenvalue weighted by atomic mass is 16.4. The number of nitrogens with zero attached hydrogens (tertiary/aromatic N) is 2. The molecule has 0 spiro atoms. The molecule has 0 saturated carbocycles. The number of carboxylic acids is 1. The Balaban J connectivity index is 2.33. The molecule has 0 fully saturated rings. The van der Waals surface area contributed by atoms with Crippen LogP contribution in [-0.2, 0) is 11.8 Å². The number of carboxylic acid groups (broad SMARTS) is 1. The first kappa shape index (κ1) is 10.6. The van der Waals surface area contributed by atoms with E-state index in [0.29, 0.717) is 6.42 Å². The van der Waals surface area contributed by atoms with E-state index in [2.05, 4.69) is 10.4 Å². The van der Waals surface area contributed by atoms with Crippen molar-refractivity contribution in [2.24, 2.45) is 7.05 Å². The molecule has 1 heterocycles. The molecule has 1 aromatic heterocycles. The molecule has 1 unspecified atom stereocenters. The number of hydrogen-bond acceptors (Lipinski definition) is 3. The minimum Gasteiger partial charge on any atom is -0.481 e. The predicted molar refractivity (Wildman–Crippen MR) is 53.2 cm³/mol. The molecule has 1 atom stereocenters. The van der Waals surface area contributed by atoms with Crippen LogP contribution in [0.5, 0.6) is 0 Å². The Labute approximate surface area is 82.7 Å². The molecular formula is C9H15N3O2. The van der Waals surface area contributed by atoms with Crippen molar-refractivity contribution >= 4 is 11.7 Å². The molecule has 0 aromatic carbocycles. The molecule has 0 aliphatic carbocycles. The van der Waals surface area contributed by atoms with Gasteiger partial charge in [0.15, 0.2) is 0 Å². The Bertz CT molecular complexity index is 309. The lowest BCUT2D eigenvalue weighted by molar-refractivity contribution is -0.137. The lowest BCUT2D eigenvalue weighted by Crippen LogP contribution is -2.16. The van der Waals surface area contributed by atoms with Gasteiger partial charge in [-0.2, -0.15) is 5.10 Å². The summed E-state index contributed by atoms with van der Waals surface area (Å²) in [4.78, 5) is 10.3. The van der Waals surface area contributed by atoms with Crippen LogP contribution < -0.4 is 5.32 Å². The summed E-state index contributed by atoms with van der Waals surface area (Å²) < 4.78 is 1.70. The van der Waals surface area contributed by atoms with Crippen molar-refractivity contribution in [3.63, 3.8) is 0 Å². The van der Waals surface area contributed by atoms with Crippen LogP contribution in [-0.4, -0.2) is 26.9 Å². The van der Waals surface area contributed by atoms with Crippen molar-refractivity contribution in [2.45, 2.75) is 25.8 Å². The van der Waals surface area contributed by atoms with Crippen molar-refractivity contribution in [3.8, 4) is 0 Å². The van der Waals surface area contributed by atoms with Gasteiger partial charge in [0.2, 0.25) is 0 Å². The Hall–Kier alpha value is -1.52. The molecule has 5 heteroatoms. The van der Waals surface area contributed by atoms with Crippen LogP contribution in [0.1, 0.15) is 19.8 Å². The van der Waals surface area contributed by atoms with Crippen LogP contribution in [0.3, 0.4) is 0 Å². The fourth-order valence-electron chi connectivity index (χ4n) is 1.19. The molecule has 5 nitrogen and oxygen atoms in total. The SMILES string of the molecule is CC(CCC(=O)O)Nc1cnn(C)c1. The average Bonchev–Trinajstić information content (AvgIpc) is 2.48. The van der Waals surface area contributed by atoms with Gasteiger partial charge in [-0.25, -0.2) is 0 Å². The summed E-state index contributed by atoms with van der Waals surface area (Å²) in [5, 5.41) is 15.7. The van der Waals surface area contributed by atoms with E-state index in [-0.39, 0.29) is 12.5 Å². The number of rotatable bonds is 5. The number of aromatic nitrogens is 2. The maximum Gasteiger partial charge on any atom is 0.303 e. The minimum absolute atomic E-state index is 0.148. The molecular weight excluding hydrogens is 182 g/mol. The Kier molecular flexibility index (Phi) is 3.50. The first-order valence-corrected chi connectivity index (χ1v) is 4.55. The summed E-state index contributed by atoms with van der Waals surface area (Å²) in [6.07, 6.45) is 4.38. The van der Waals surface area contributed by atoms with Gasteiger partial charge in [0.05, 0.1) is 11.9 Å². The van der Waals surface area contributed by atoms with Crippen molar-refractivity contribution in [3.05, 3.63) is 12.4 Å². The maximum absolute atomic E-state index is 10.3. The minimum atomic E-state index is -0.759. The van der Waals surface area contributed by atoms with Crippen molar-refractivity contribution in [1.29, 1.82) is 0 Å². The van der Waals surface area contributed by atoms with Crippen molar-refractivity contribution < 1.29 is 9.90 Å². The molecule has 0 radical (unpaired) electrons. The Morgan fingerprint density at radius 1 is 1.79 bits per heavy atom. The smallest absolute Gasteiger partial charge is 0.303 e. The van der Waals surface area contributed by atoms with Crippen LogP contribution in [0.25, 0.3) is 0 Å². The molecule has 1 aromatic rings.